The van der Waals surface area contributed by atoms with Gasteiger partial charge in [-0.05, 0) is 6.92 Å². The molecule has 0 unspecified atom stereocenters. The van der Waals surface area contributed by atoms with Crippen LogP contribution in [0.5, 0.6) is 0 Å². The zero-order valence-corrected chi connectivity index (χ0v) is 6.70. The Morgan fingerprint density at radius 2 is 2.36 bits per heavy atom. The second-order valence-electron chi connectivity index (χ2n) is 2.12. The first-order chi connectivity index (χ1) is 5.09. The molecule has 0 saturated heterocycles. The number of aromatic amines is 1. The van der Waals surface area contributed by atoms with Gasteiger partial charge in [0.05, 0.1) is 6.42 Å². The van der Waals surface area contributed by atoms with E-state index in [-0.39, 0.29) is 11.3 Å². The summed E-state index contributed by atoms with van der Waals surface area (Å²) in [7, 11) is 0. The van der Waals surface area contributed by atoms with Crippen LogP contribution < -0.4 is 4.87 Å². The first kappa shape index (κ1) is 8.00. The van der Waals surface area contributed by atoms with Crippen LogP contribution in [-0.2, 0) is 11.2 Å². The van der Waals surface area contributed by atoms with Crippen molar-refractivity contribution in [3.8, 4) is 0 Å². The maximum atomic E-state index is 10.7. The van der Waals surface area contributed by atoms with Crippen LogP contribution >= 0.6 is 11.3 Å². The second-order valence-corrected chi connectivity index (χ2v) is 3.31. The van der Waals surface area contributed by atoms with Crippen LogP contribution in [0.15, 0.2) is 4.79 Å². The highest BCUT2D eigenvalue weighted by Crippen LogP contribution is 2.06. The molecule has 1 aromatic heterocycles. The number of aromatic nitrogens is 1. The fourth-order valence-corrected chi connectivity index (χ4v) is 1.46. The Labute approximate surface area is 66.5 Å². The predicted molar refractivity (Wildman–Crippen MR) is 41.0 cm³/mol. The summed E-state index contributed by atoms with van der Waals surface area (Å²) in [5.74, 6) is -0.929. The Morgan fingerprint density at radius 3 is 2.73 bits per heavy atom. The van der Waals surface area contributed by atoms with Crippen molar-refractivity contribution in [1.82, 2.24) is 4.98 Å². The molecule has 0 atom stereocenters. The molecule has 0 bridgehead atoms. The van der Waals surface area contributed by atoms with Crippen LogP contribution in [-0.4, -0.2) is 16.1 Å². The van der Waals surface area contributed by atoms with Gasteiger partial charge in [-0.1, -0.05) is 11.3 Å². The molecule has 2 N–H and O–H groups in total. The summed E-state index contributed by atoms with van der Waals surface area (Å²) in [5.41, 5.74) is 0.507. The lowest BCUT2D eigenvalue weighted by Gasteiger charge is -1.90. The summed E-state index contributed by atoms with van der Waals surface area (Å²) in [6, 6.07) is 0. The van der Waals surface area contributed by atoms with Crippen molar-refractivity contribution >= 4 is 17.3 Å². The van der Waals surface area contributed by atoms with Gasteiger partial charge in [0.2, 0.25) is 0 Å². The van der Waals surface area contributed by atoms with Crippen molar-refractivity contribution in [3.63, 3.8) is 0 Å². The minimum atomic E-state index is -0.929. The van der Waals surface area contributed by atoms with E-state index in [0.29, 0.717) is 5.69 Å². The Balaban J connectivity index is 2.94. The van der Waals surface area contributed by atoms with Gasteiger partial charge < -0.3 is 10.1 Å². The first-order valence-corrected chi connectivity index (χ1v) is 3.81. The Morgan fingerprint density at radius 1 is 1.73 bits per heavy atom. The highest BCUT2D eigenvalue weighted by Gasteiger charge is 2.06. The van der Waals surface area contributed by atoms with Gasteiger partial charge >= 0.3 is 10.8 Å². The van der Waals surface area contributed by atoms with Crippen LogP contribution in [0.3, 0.4) is 0 Å². The SMILES string of the molecule is Cc1sc(=O)[nH]c1CC(=O)O. The van der Waals surface area contributed by atoms with E-state index < -0.39 is 5.97 Å². The topological polar surface area (TPSA) is 70.2 Å². The van der Waals surface area contributed by atoms with Crippen molar-refractivity contribution < 1.29 is 9.90 Å². The Hall–Kier alpha value is -1.10. The molecule has 0 amide bonds. The van der Waals surface area contributed by atoms with E-state index in [0.717, 1.165) is 16.2 Å². The quantitative estimate of drug-likeness (QED) is 0.678. The van der Waals surface area contributed by atoms with E-state index in [9.17, 15) is 9.59 Å². The number of carbonyl (C=O) groups is 1. The van der Waals surface area contributed by atoms with E-state index >= 15 is 0 Å². The molecule has 0 aliphatic carbocycles. The molecule has 4 nitrogen and oxygen atoms in total. The minimum absolute atomic E-state index is 0.107. The van der Waals surface area contributed by atoms with Crippen LogP contribution in [0, 0.1) is 6.92 Å². The lowest BCUT2D eigenvalue weighted by atomic mass is 10.3. The second kappa shape index (κ2) is 2.87. The predicted octanol–water partition coefficient (Wildman–Crippen LogP) is 0.372. The normalized spacial score (nSPS) is 9.91. The van der Waals surface area contributed by atoms with E-state index in [1.165, 1.54) is 0 Å². The summed E-state index contributed by atoms with van der Waals surface area (Å²) in [6.07, 6.45) is -0.107. The smallest absolute Gasteiger partial charge is 0.309 e. The summed E-state index contributed by atoms with van der Waals surface area (Å²) in [6.45, 7) is 1.72. The highest BCUT2D eigenvalue weighted by molar-refractivity contribution is 7.09. The molecular formula is C6H7NO3S. The van der Waals surface area contributed by atoms with Gasteiger partial charge in [0.25, 0.3) is 0 Å². The van der Waals surface area contributed by atoms with Gasteiger partial charge in [-0.2, -0.15) is 0 Å². The van der Waals surface area contributed by atoms with E-state index in [2.05, 4.69) is 4.98 Å². The van der Waals surface area contributed by atoms with Gasteiger partial charge in [-0.3, -0.25) is 9.59 Å². The van der Waals surface area contributed by atoms with Gasteiger partial charge in [-0.15, -0.1) is 0 Å². The van der Waals surface area contributed by atoms with Crippen molar-refractivity contribution in [2.24, 2.45) is 0 Å². The molecule has 1 heterocycles. The summed E-state index contributed by atoms with van der Waals surface area (Å²) in [4.78, 5) is 23.9. The van der Waals surface area contributed by atoms with Crippen LogP contribution in [0.25, 0.3) is 0 Å². The van der Waals surface area contributed by atoms with Crippen molar-refractivity contribution in [3.05, 3.63) is 20.2 Å². The number of nitrogens with one attached hydrogen (secondary N) is 1. The lowest BCUT2D eigenvalue weighted by molar-refractivity contribution is -0.136. The Bertz CT molecular complexity index is 325. The molecule has 60 valence electrons. The monoisotopic (exact) mass is 173 g/mol. The number of aliphatic carboxylic acids is 1. The number of hydrogen-bond acceptors (Lipinski definition) is 3. The minimum Gasteiger partial charge on any atom is -0.481 e. The lowest BCUT2D eigenvalue weighted by Crippen LogP contribution is -2.03. The third kappa shape index (κ3) is 1.91. The molecular weight excluding hydrogens is 166 g/mol. The number of rotatable bonds is 2. The molecule has 0 aromatic carbocycles. The highest BCUT2D eigenvalue weighted by atomic mass is 32.1. The number of carboxylic acids is 1. The molecule has 0 aliphatic rings. The third-order valence-electron chi connectivity index (χ3n) is 1.25. The third-order valence-corrected chi connectivity index (χ3v) is 2.09. The van der Waals surface area contributed by atoms with E-state index in [1.54, 1.807) is 6.92 Å². The van der Waals surface area contributed by atoms with Crippen molar-refractivity contribution in [1.29, 1.82) is 0 Å². The number of thiazole rings is 1. The summed E-state index contributed by atoms with van der Waals surface area (Å²) in [5, 5.41) is 8.38. The summed E-state index contributed by atoms with van der Waals surface area (Å²) < 4.78 is 0. The average molecular weight is 173 g/mol. The zero-order valence-electron chi connectivity index (χ0n) is 5.88. The van der Waals surface area contributed by atoms with Gasteiger partial charge in [0.1, 0.15) is 0 Å². The summed E-state index contributed by atoms with van der Waals surface area (Å²) >= 11 is 1.04. The van der Waals surface area contributed by atoms with Crippen molar-refractivity contribution in [2.45, 2.75) is 13.3 Å². The molecule has 1 rings (SSSR count). The fourth-order valence-electron chi connectivity index (χ4n) is 0.757. The van der Waals surface area contributed by atoms with Gasteiger partial charge in [0, 0.05) is 10.6 Å². The number of carboxylic acid groups (broad SMARTS) is 1. The standard InChI is InChI=1S/C6H7NO3S/c1-3-4(2-5(8)9)7-6(10)11-3/h2H2,1H3,(H,7,10)(H,8,9). The van der Waals surface area contributed by atoms with Gasteiger partial charge in [-0.25, -0.2) is 0 Å². The number of hydrogen-bond donors (Lipinski definition) is 2. The molecule has 11 heavy (non-hydrogen) atoms. The number of H-pyrrole nitrogens is 1. The molecule has 0 spiro atoms. The molecule has 0 radical (unpaired) electrons. The Kier molecular flexibility index (Phi) is 2.09. The molecule has 5 heteroatoms. The number of aryl methyl sites for hydroxylation is 1. The maximum Gasteiger partial charge on any atom is 0.309 e. The van der Waals surface area contributed by atoms with Crippen LogP contribution in [0.4, 0.5) is 0 Å². The molecule has 0 fully saturated rings. The fraction of sp³-hybridized carbons (Fsp3) is 0.333. The van der Waals surface area contributed by atoms with E-state index in [4.69, 9.17) is 5.11 Å². The average Bonchev–Trinajstić information content (AvgIpc) is 2.09. The van der Waals surface area contributed by atoms with Crippen LogP contribution in [0.2, 0.25) is 0 Å². The van der Waals surface area contributed by atoms with Crippen molar-refractivity contribution in [2.75, 3.05) is 0 Å². The van der Waals surface area contributed by atoms with E-state index in [1.807, 2.05) is 0 Å². The zero-order chi connectivity index (χ0) is 8.43. The largest absolute Gasteiger partial charge is 0.481 e. The molecule has 0 aliphatic heterocycles. The first-order valence-electron chi connectivity index (χ1n) is 3.00. The van der Waals surface area contributed by atoms with Crippen LogP contribution in [0.1, 0.15) is 10.6 Å². The van der Waals surface area contributed by atoms with Gasteiger partial charge in [0.15, 0.2) is 0 Å². The molecule has 0 saturated carbocycles. The molecule has 1 aromatic rings. The maximum absolute atomic E-state index is 10.7.